The molecule has 0 spiro atoms. The Labute approximate surface area is 94.6 Å². The molecule has 0 aliphatic rings. The van der Waals surface area contributed by atoms with E-state index in [2.05, 4.69) is 4.99 Å². The summed E-state index contributed by atoms with van der Waals surface area (Å²) in [5.41, 5.74) is -0.259. The van der Waals surface area contributed by atoms with Crippen LogP contribution in [0.2, 0.25) is 0 Å². The second kappa shape index (κ2) is 4.90. The molecule has 1 heterocycles. The maximum Gasteiger partial charge on any atom is 0.250 e. The van der Waals surface area contributed by atoms with Gasteiger partial charge in [0.15, 0.2) is 0 Å². The van der Waals surface area contributed by atoms with Crippen LogP contribution in [0.4, 0.5) is 0 Å². The van der Waals surface area contributed by atoms with E-state index in [9.17, 15) is 9.59 Å². The lowest BCUT2D eigenvalue weighted by Crippen LogP contribution is -2.33. The zero-order valence-corrected chi connectivity index (χ0v) is 9.80. The molecule has 0 saturated carbocycles. The van der Waals surface area contributed by atoms with Crippen LogP contribution in [0.15, 0.2) is 34.2 Å². The van der Waals surface area contributed by atoms with Gasteiger partial charge in [-0.05, 0) is 11.5 Å². The molecule has 1 rings (SSSR count). The first-order valence-electron chi connectivity index (χ1n) is 5.17. The molecule has 0 unspecified atom stereocenters. The Morgan fingerprint density at radius 2 is 2.12 bits per heavy atom. The molecule has 0 saturated heterocycles. The van der Waals surface area contributed by atoms with Crippen molar-refractivity contribution in [2.45, 2.75) is 33.4 Å². The fraction of sp³-hybridized carbons (Fsp3) is 0.500. The molecule has 0 N–H and O–H groups in total. The van der Waals surface area contributed by atoms with Crippen molar-refractivity contribution in [2.24, 2.45) is 10.4 Å². The normalized spacial score (nSPS) is 12.9. The summed E-state index contributed by atoms with van der Waals surface area (Å²) >= 11 is 0. The van der Waals surface area contributed by atoms with E-state index in [0.29, 0.717) is 6.54 Å². The third-order valence-corrected chi connectivity index (χ3v) is 2.48. The van der Waals surface area contributed by atoms with Crippen molar-refractivity contribution in [3.05, 3.63) is 34.7 Å². The van der Waals surface area contributed by atoms with E-state index in [1.165, 1.54) is 6.07 Å². The molecular weight excluding hydrogens is 204 g/mol. The Balaban J connectivity index is 2.98. The van der Waals surface area contributed by atoms with Crippen molar-refractivity contribution in [2.75, 3.05) is 0 Å². The molecule has 0 aromatic carbocycles. The van der Waals surface area contributed by atoms with Crippen molar-refractivity contribution >= 4 is 6.08 Å². The molecule has 1 atom stereocenters. The maximum absolute atomic E-state index is 11.5. The summed E-state index contributed by atoms with van der Waals surface area (Å²) < 4.78 is 1.55. The van der Waals surface area contributed by atoms with Crippen molar-refractivity contribution < 1.29 is 4.79 Å². The first-order valence-corrected chi connectivity index (χ1v) is 5.17. The van der Waals surface area contributed by atoms with Crippen LogP contribution in [0.5, 0.6) is 0 Å². The Kier molecular flexibility index (Phi) is 3.80. The van der Waals surface area contributed by atoms with Crippen LogP contribution in [-0.2, 0) is 11.3 Å². The van der Waals surface area contributed by atoms with Gasteiger partial charge < -0.3 is 4.57 Å². The molecule has 0 aliphatic heterocycles. The lowest BCUT2D eigenvalue weighted by atomic mass is 9.87. The summed E-state index contributed by atoms with van der Waals surface area (Å²) in [4.78, 5) is 25.6. The van der Waals surface area contributed by atoms with E-state index in [0.717, 1.165) is 0 Å². The SMILES string of the molecule is CC(C)(C)[C@@H](Cn1ccccc1=O)N=C=O. The number of isocyanates is 1. The number of rotatable bonds is 3. The number of hydrogen-bond acceptors (Lipinski definition) is 3. The first-order chi connectivity index (χ1) is 7.45. The number of hydrogen-bond donors (Lipinski definition) is 0. The summed E-state index contributed by atoms with van der Waals surface area (Å²) in [5.74, 6) is 0. The molecule has 0 fully saturated rings. The molecule has 4 heteroatoms. The standard InChI is InChI=1S/C12H16N2O2/c1-12(2,3)10(13-9-15)8-14-7-5-4-6-11(14)16/h4-7,10H,8H2,1-3H3/t10-/m1/s1. The van der Waals surface area contributed by atoms with Gasteiger partial charge in [0.05, 0.1) is 6.04 Å². The van der Waals surface area contributed by atoms with Crippen molar-refractivity contribution in [1.82, 2.24) is 4.57 Å². The van der Waals surface area contributed by atoms with Crippen LogP contribution in [0, 0.1) is 5.41 Å². The third kappa shape index (κ3) is 3.17. The van der Waals surface area contributed by atoms with E-state index in [4.69, 9.17) is 0 Å². The smallest absolute Gasteiger partial charge is 0.250 e. The first kappa shape index (κ1) is 12.4. The fourth-order valence-electron chi connectivity index (χ4n) is 1.37. The zero-order chi connectivity index (χ0) is 12.2. The highest BCUT2D eigenvalue weighted by atomic mass is 16.1. The quantitative estimate of drug-likeness (QED) is 0.574. The second-order valence-corrected chi connectivity index (χ2v) is 4.79. The molecule has 0 radical (unpaired) electrons. The molecule has 0 amide bonds. The van der Waals surface area contributed by atoms with Crippen molar-refractivity contribution in [3.8, 4) is 0 Å². The lowest BCUT2D eigenvalue weighted by molar-refractivity contribution is 0.290. The minimum Gasteiger partial charge on any atom is -0.313 e. The van der Waals surface area contributed by atoms with E-state index in [1.807, 2.05) is 20.8 Å². The number of pyridine rings is 1. The third-order valence-electron chi connectivity index (χ3n) is 2.48. The lowest BCUT2D eigenvalue weighted by Gasteiger charge is -2.26. The van der Waals surface area contributed by atoms with Gasteiger partial charge in [0.25, 0.3) is 5.56 Å². The molecule has 0 bridgehead atoms. The van der Waals surface area contributed by atoms with Crippen LogP contribution < -0.4 is 5.56 Å². The molecule has 4 nitrogen and oxygen atoms in total. The summed E-state index contributed by atoms with van der Waals surface area (Å²) in [6.07, 6.45) is 3.27. The minimum atomic E-state index is -0.245. The van der Waals surface area contributed by atoms with Gasteiger partial charge in [-0.15, -0.1) is 0 Å². The number of carbonyl (C=O) groups excluding carboxylic acids is 1. The minimum absolute atomic E-state index is 0.0853. The molecule has 1 aromatic rings. The number of aromatic nitrogens is 1. The van der Waals surface area contributed by atoms with Gasteiger partial charge in [-0.1, -0.05) is 26.8 Å². The number of nitrogens with zero attached hydrogens (tertiary/aromatic N) is 2. The highest BCUT2D eigenvalue weighted by molar-refractivity contribution is 5.33. The summed E-state index contributed by atoms with van der Waals surface area (Å²) in [6.45, 7) is 6.34. The van der Waals surface area contributed by atoms with Gasteiger partial charge in [0.1, 0.15) is 0 Å². The molecule has 1 aromatic heterocycles. The van der Waals surface area contributed by atoms with Gasteiger partial charge >= 0.3 is 0 Å². The molecule has 0 aliphatic carbocycles. The Morgan fingerprint density at radius 3 is 2.62 bits per heavy atom. The molecular formula is C12H16N2O2. The van der Waals surface area contributed by atoms with Gasteiger partial charge in [-0.25, -0.2) is 9.79 Å². The highest BCUT2D eigenvalue weighted by Crippen LogP contribution is 2.22. The van der Waals surface area contributed by atoms with E-state index < -0.39 is 0 Å². The zero-order valence-electron chi connectivity index (χ0n) is 9.80. The Morgan fingerprint density at radius 1 is 1.44 bits per heavy atom. The van der Waals surface area contributed by atoms with Crippen LogP contribution in [-0.4, -0.2) is 16.7 Å². The van der Waals surface area contributed by atoms with Crippen LogP contribution in [0.3, 0.4) is 0 Å². The van der Waals surface area contributed by atoms with Crippen molar-refractivity contribution in [1.29, 1.82) is 0 Å². The summed E-state index contributed by atoms with van der Waals surface area (Å²) in [6, 6.07) is 4.72. The van der Waals surface area contributed by atoms with E-state index in [1.54, 1.807) is 29.0 Å². The Hall–Kier alpha value is -1.67. The average molecular weight is 220 g/mol. The predicted octanol–water partition coefficient (Wildman–Crippen LogP) is 1.60. The fourth-order valence-corrected chi connectivity index (χ4v) is 1.37. The maximum atomic E-state index is 11.5. The van der Waals surface area contributed by atoms with Gasteiger partial charge in [0, 0.05) is 18.8 Å². The predicted molar refractivity (Wildman–Crippen MR) is 62.1 cm³/mol. The molecule has 16 heavy (non-hydrogen) atoms. The second-order valence-electron chi connectivity index (χ2n) is 4.79. The van der Waals surface area contributed by atoms with Crippen molar-refractivity contribution in [3.63, 3.8) is 0 Å². The van der Waals surface area contributed by atoms with Crippen LogP contribution in [0.1, 0.15) is 20.8 Å². The van der Waals surface area contributed by atoms with Gasteiger partial charge in [-0.2, -0.15) is 0 Å². The molecule has 86 valence electrons. The topological polar surface area (TPSA) is 51.4 Å². The van der Waals surface area contributed by atoms with Crippen LogP contribution in [0.25, 0.3) is 0 Å². The average Bonchev–Trinajstić information content (AvgIpc) is 2.19. The number of aliphatic imine (C=N–C) groups is 1. The van der Waals surface area contributed by atoms with E-state index in [-0.39, 0.29) is 17.0 Å². The van der Waals surface area contributed by atoms with Crippen LogP contribution >= 0.6 is 0 Å². The largest absolute Gasteiger partial charge is 0.313 e. The van der Waals surface area contributed by atoms with E-state index >= 15 is 0 Å². The summed E-state index contributed by atoms with van der Waals surface area (Å²) in [7, 11) is 0. The highest BCUT2D eigenvalue weighted by Gasteiger charge is 2.24. The van der Waals surface area contributed by atoms with Gasteiger partial charge in [0.2, 0.25) is 6.08 Å². The Bertz CT molecular complexity index is 451. The van der Waals surface area contributed by atoms with Gasteiger partial charge in [-0.3, -0.25) is 4.79 Å². The monoisotopic (exact) mass is 220 g/mol. The summed E-state index contributed by atoms with van der Waals surface area (Å²) in [5, 5.41) is 0.